The molecule has 0 bridgehead atoms. The lowest BCUT2D eigenvalue weighted by Gasteiger charge is -2.10. The minimum Gasteiger partial charge on any atom is -0.493 e. The molecule has 0 aliphatic carbocycles. The van der Waals surface area contributed by atoms with Crippen molar-refractivity contribution in [2.45, 2.75) is 6.92 Å². The molecule has 0 saturated carbocycles. The van der Waals surface area contributed by atoms with E-state index in [0.29, 0.717) is 22.8 Å². The van der Waals surface area contributed by atoms with E-state index in [1.807, 2.05) is 0 Å². The number of rotatable bonds is 7. The maximum absolute atomic E-state index is 12.1. The van der Waals surface area contributed by atoms with E-state index in [9.17, 15) is 9.59 Å². The van der Waals surface area contributed by atoms with Gasteiger partial charge in [-0.25, -0.2) is 4.79 Å². The molecule has 6 heteroatoms. The quantitative estimate of drug-likeness (QED) is 0.438. The number of carbonyl (C=O) groups excluding carboxylic acids is 1. The molecular weight excluding hydrogens is 346 g/mol. The van der Waals surface area contributed by atoms with E-state index in [1.165, 1.54) is 25.3 Å². The summed E-state index contributed by atoms with van der Waals surface area (Å²) in [5.41, 5.74) is 3.60. The zero-order valence-corrected chi connectivity index (χ0v) is 15.0. The number of ether oxygens (including phenoxy) is 2. The molecule has 0 heterocycles. The lowest BCUT2D eigenvalue weighted by atomic mass is 10.1. The van der Waals surface area contributed by atoms with Crippen LogP contribution in [0.5, 0.6) is 11.5 Å². The van der Waals surface area contributed by atoms with E-state index in [1.54, 1.807) is 43.3 Å². The number of nitrogens with one attached hydrogen (secondary N) is 1. The second kappa shape index (κ2) is 9.08. The second-order valence-electron chi connectivity index (χ2n) is 5.42. The van der Waals surface area contributed by atoms with Crippen molar-refractivity contribution in [3.63, 3.8) is 0 Å². The molecule has 0 atom stereocenters. The summed E-state index contributed by atoms with van der Waals surface area (Å²) in [6, 6.07) is 11.4. The number of para-hydroxylation sites is 1. The van der Waals surface area contributed by atoms with Crippen LogP contribution in [-0.2, 0) is 4.79 Å². The van der Waals surface area contributed by atoms with E-state index in [0.717, 1.165) is 0 Å². The maximum Gasteiger partial charge on any atom is 0.337 e. The monoisotopic (exact) mass is 365 g/mol. The van der Waals surface area contributed by atoms with E-state index in [4.69, 9.17) is 14.6 Å². The number of methoxy groups -OCH3 is 1. The normalized spacial score (nSPS) is 10.1. The third kappa shape index (κ3) is 5.36. The summed E-state index contributed by atoms with van der Waals surface area (Å²) in [6.07, 6.45) is 2.89. The molecule has 0 unspecified atom stereocenters. The van der Waals surface area contributed by atoms with E-state index in [2.05, 4.69) is 17.6 Å². The molecular formula is C21H19NO5. The number of carboxylic acid groups (broad SMARTS) is 1. The van der Waals surface area contributed by atoms with Crippen LogP contribution in [0.3, 0.4) is 0 Å². The minimum atomic E-state index is -1.11. The Morgan fingerprint density at radius 2 is 1.93 bits per heavy atom. The molecule has 0 radical (unpaired) electrons. The van der Waals surface area contributed by atoms with Gasteiger partial charge in [0.05, 0.1) is 18.4 Å². The van der Waals surface area contributed by atoms with Crippen molar-refractivity contribution in [1.29, 1.82) is 0 Å². The largest absolute Gasteiger partial charge is 0.493 e. The summed E-state index contributed by atoms with van der Waals surface area (Å²) in [5, 5.41) is 11.7. The predicted molar refractivity (Wildman–Crippen MR) is 103 cm³/mol. The van der Waals surface area contributed by atoms with Gasteiger partial charge in [-0.3, -0.25) is 4.79 Å². The van der Waals surface area contributed by atoms with E-state index in [-0.39, 0.29) is 11.3 Å². The van der Waals surface area contributed by atoms with Crippen LogP contribution in [0.2, 0.25) is 0 Å². The summed E-state index contributed by atoms with van der Waals surface area (Å²) in [7, 11) is 1.51. The fraction of sp³-hybridized carbons (Fsp3) is 0.0952. The van der Waals surface area contributed by atoms with Crippen molar-refractivity contribution in [1.82, 2.24) is 0 Å². The maximum atomic E-state index is 12.1. The molecule has 2 rings (SSSR count). The first-order valence-electron chi connectivity index (χ1n) is 7.98. The van der Waals surface area contributed by atoms with Crippen LogP contribution in [0.25, 0.3) is 6.08 Å². The van der Waals surface area contributed by atoms with E-state index < -0.39 is 11.9 Å². The van der Waals surface area contributed by atoms with Gasteiger partial charge in [0, 0.05) is 13.0 Å². The third-order valence-corrected chi connectivity index (χ3v) is 3.54. The van der Waals surface area contributed by atoms with E-state index >= 15 is 0 Å². The topological polar surface area (TPSA) is 84.9 Å². The SMILES string of the molecule is C=C=C(C)Oc1ccc(/C=C/C(=O)Nc2ccccc2C(=O)O)cc1OC. The molecule has 2 aromatic carbocycles. The lowest BCUT2D eigenvalue weighted by Crippen LogP contribution is -2.11. The summed E-state index contributed by atoms with van der Waals surface area (Å²) >= 11 is 0. The number of benzene rings is 2. The Bertz CT molecular complexity index is 939. The summed E-state index contributed by atoms with van der Waals surface area (Å²) in [5.74, 6) is -0.0629. The van der Waals surface area contributed by atoms with Crippen LogP contribution < -0.4 is 14.8 Å². The summed E-state index contributed by atoms with van der Waals surface area (Å²) in [4.78, 5) is 23.3. The number of amides is 1. The van der Waals surface area contributed by atoms with Crippen molar-refractivity contribution in [3.8, 4) is 11.5 Å². The molecule has 0 fully saturated rings. The first-order valence-corrected chi connectivity index (χ1v) is 7.98. The number of hydrogen-bond donors (Lipinski definition) is 2. The molecule has 0 aromatic heterocycles. The van der Waals surface area contributed by atoms with Crippen molar-refractivity contribution in [2.75, 3.05) is 12.4 Å². The lowest BCUT2D eigenvalue weighted by molar-refractivity contribution is -0.111. The van der Waals surface area contributed by atoms with Gasteiger partial charge in [0.1, 0.15) is 5.76 Å². The fourth-order valence-corrected chi connectivity index (χ4v) is 2.20. The highest BCUT2D eigenvalue weighted by atomic mass is 16.5. The third-order valence-electron chi connectivity index (χ3n) is 3.54. The van der Waals surface area contributed by atoms with Crippen molar-refractivity contribution >= 4 is 23.6 Å². The average Bonchev–Trinajstić information content (AvgIpc) is 2.67. The van der Waals surface area contributed by atoms with Crippen LogP contribution in [0.4, 0.5) is 5.69 Å². The number of anilines is 1. The molecule has 27 heavy (non-hydrogen) atoms. The standard InChI is InChI=1S/C21H19NO5/c1-4-14(2)27-18-11-9-15(13-19(18)26-3)10-12-20(23)22-17-8-6-5-7-16(17)21(24)25/h5-13H,1H2,2-3H3,(H,22,23)(H,24,25)/b12-10+. The number of allylic oxidation sites excluding steroid dienone is 1. The van der Waals surface area contributed by atoms with Gasteiger partial charge in [0.15, 0.2) is 11.5 Å². The summed E-state index contributed by atoms with van der Waals surface area (Å²) in [6.45, 7) is 5.23. The second-order valence-corrected chi connectivity index (χ2v) is 5.42. The Labute approximate surface area is 157 Å². The number of hydrogen-bond acceptors (Lipinski definition) is 4. The highest BCUT2D eigenvalue weighted by Gasteiger charge is 2.10. The van der Waals surface area contributed by atoms with Gasteiger partial charge in [0.25, 0.3) is 0 Å². The van der Waals surface area contributed by atoms with Crippen molar-refractivity contribution < 1.29 is 24.2 Å². The Morgan fingerprint density at radius 3 is 2.59 bits per heavy atom. The number of carbonyl (C=O) groups is 2. The Morgan fingerprint density at radius 1 is 1.19 bits per heavy atom. The molecule has 0 spiro atoms. The minimum absolute atomic E-state index is 0.0214. The van der Waals surface area contributed by atoms with Gasteiger partial charge in [-0.1, -0.05) is 30.5 Å². The number of carboxylic acids is 1. The molecule has 6 nitrogen and oxygen atoms in total. The van der Waals surface area contributed by atoms with Gasteiger partial charge in [-0.05, 0) is 35.9 Å². The Hall–Kier alpha value is -3.76. The molecule has 138 valence electrons. The smallest absolute Gasteiger partial charge is 0.337 e. The van der Waals surface area contributed by atoms with Crippen LogP contribution in [0.1, 0.15) is 22.8 Å². The number of aromatic carboxylic acids is 1. The van der Waals surface area contributed by atoms with Gasteiger partial charge in [-0.2, -0.15) is 0 Å². The van der Waals surface area contributed by atoms with Crippen LogP contribution in [-0.4, -0.2) is 24.1 Å². The fourth-order valence-electron chi connectivity index (χ4n) is 2.20. The summed E-state index contributed by atoms with van der Waals surface area (Å²) < 4.78 is 10.8. The van der Waals surface area contributed by atoms with Crippen LogP contribution in [0, 0.1) is 0 Å². The first-order chi connectivity index (χ1) is 12.9. The highest BCUT2D eigenvalue weighted by Crippen LogP contribution is 2.29. The molecule has 0 saturated heterocycles. The highest BCUT2D eigenvalue weighted by molar-refractivity contribution is 6.06. The molecule has 2 aromatic rings. The van der Waals surface area contributed by atoms with Crippen molar-refractivity contribution in [2.24, 2.45) is 0 Å². The van der Waals surface area contributed by atoms with Crippen LogP contribution >= 0.6 is 0 Å². The zero-order chi connectivity index (χ0) is 19.8. The van der Waals surface area contributed by atoms with Gasteiger partial charge in [0.2, 0.25) is 5.91 Å². The predicted octanol–water partition coefficient (Wildman–Crippen LogP) is 4.11. The van der Waals surface area contributed by atoms with Crippen molar-refractivity contribution in [3.05, 3.63) is 77.7 Å². The molecule has 0 aliphatic rings. The van der Waals surface area contributed by atoms with Crippen LogP contribution in [0.15, 0.2) is 66.6 Å². The molecule has 1 amide bonds. The Balaban J connectivity index is 2.14. The first kappa shape index (κ1) is 19.6. The molecule has 0 aliphatic heterocycles. The van der Waals surface area contributed by atoms with Gasteiger partial charge >= 0.3 is 5.97 Å². The Kier molecular flexibility index (Phi) is 6.58. The zero-order valence-electron chi connectivity index (χ0n) is 15.0. The van der Waals surface area contributed by atoms with Gasteiger partial charge < -0.3 is 19.9 Å². The van der Waals surface area contributed by atoms with Gasteiger partial charge in [-0.15, -0.1) is 0 Å². The molecule has 2 N–H and O–H groups in total. The average molecular weight is 365 g/mol.